The van der Waals surface area contributed by atoms with Crippen molar-refractivity contribution in [1.29, 1.82) is 5.41 Å². The lowest BCUT2D eigenvalue weighted by Crippen LogP contribution is -2.33. The molecule has 0 saturated carbocycles. The van der Waals surface area contributed by atoms with Crippen LogP contribution in [0.2, 0.25) is 0 Å². The topological polar surface area (TPSA) is 134 Å². The van der Waals surface area contributed by atoms with E-state index in [0.29, 0.717) is 6.61 Å². The average molecular weight is 272 g/mol. The molecule has 1 aromatic heterocycles. The van der Waals surface area contributed by atoms with Crippen LogP contribution in [0.25, 0.3) is 0 Å². The molecular formula is C10H16N4O5. The number of rotatable bonds is 4. The Bertz CT molecular complexity index is 451. The summed E-state index contributed by atoms with van der Waals surface area (Å²) in [5.74, 6) is -0.132. The van der Waals surface area contributed by atoms with Gasteiger partial charge in [-0.25, -0.2) is 9.67 Å². The zero-order valence-corrected chi connectivity index (χ0v) is 10.3. The number of aliphatic hydroxyl groups excluding tert-OH is 3. The lowest BCUT2D eigenvalue weighted by atomic mass is 10.1. The first-order valence-electron chi connectivity index (χ1n) is 5.83. The van der Waals surface area contributed by atoms with Crippen molar-refractivity contribution in [3.8, 4) is 0 Å². The van der Waals surface area contributed by atoms with Gasteiger partial charge in [0.25, 0.3) is 5.90 Å². The van der Waals surface area contributed by atoms with Gasteiger partial charge in [0.1, 0.15) is 24.6 Å². The lowest BCUT2D eigenvalue weighted by molar-refractivity contribution is -0.0588. The number of aliphatic hydroxyl groups is 3. The van der Waals surface area contributed by atoms with Crippen molar-refractivity contribution >= 4 is 5.90 Å². The Kier molecular flexibility index (Phi) is 4.10. The summed E-state index contributed by atoms with van der Waals surface area (Å²) < 4.78 is 11.4. The van der Waals surface area contributed by atoms with E-state index in [-0.39, 0.29) is 11.7 Å². The van der Waals surface area contributed by atoms with Crippen molar-refractivity contribution in [2.45, 2.75) is 31.5 Å². The highest BCUT2D eigenvalue weighted by atomic mass is 16.6. The summed E-state index contributed by atoms with van der Waals surface area (Å²) in [5.41, 5.74) is 0. The highest BCUT2D eigenvalue weighted by molar-refractivity contribution is 5.87. The molecule has 0 aliphatic carbocycles. The smallest absolute Gasteiger partial charge is 0.254 e. The second kappa shape index (κ2) is 5.61. The minimum atomic E-state index is -1.23. The van der Waals surface area contributed by atoms with Crippen LogP contribution in [0.15, 0.2) is 6.33 Å². The maximum absolute atomic E-state index is 9.80. The fourth-order valence-electron chi connectivity index (χ4n) is 1.81. The van der Waals surface area contributed by atoms with Gasteiger partial charge in [-0.05, 0) is 6.92 Å². The molecule has 0 bridgehead atoms. The monoisotopic (exact) mass is 272 g/mol. The fourth-order valence-corrected chi connectivity index (χ4v) is 1.81. The van der Waals surface area contributed by atoms with E-state index in [0.717, 1.165) is 0 Å². The first-order chi connectivity index (χ1) is 9.08. The van der Waals surface area contributed by atoms with Crippen LogP contribution in [-0.2, 0) is 9.47 Å². The molecule has 1 aromatic rings. The normalized spacial score (nSPS) is 30.5. The lowest BCUT2D eigenvalue weighted by Gasteiger charge is -2.13. The van der Waals surface area contributed by atoms with Crippen molar-refractivity contribution < 1.29 is 24.8 Å². The van der Waals surface area contributed by atoms with E-state index >= 15 is 0 Å². The van der Waals surface area contributed by atoms with Gasteiger partial charge in [0, 0.05) is 0 Å². The molecule has 106 valence electrons. The Hall–Kier alpha value is -1.55. The standard InChI is InChI=1S/C10H16N4O5/c1-2-18-8(11)9-12-4-14(13-9)10-7(17)6(16)5(3-15)19-10/h4-7,10-11,15-17H,2-3H2,1H3/t5-,6-,7-,10-/m1/s1. The molecule has 0 spiro atoms. The first kappa shape index (κ1) is 13.9. The predicted molar refractivity (Wildman–Crippen MR) is 61.5 cm³/mol. The maximum Gasteiger partial charge on any atom is 0.254 e. The SMILES string of the molecule is CCOC(=N)c1ncn([C@@H]2O[C@H](CO)[C@@H](O)[C@H]2O)n1. The van der Waals surface area contributed by atoms with Gasteiger partial charge in [0.15, 0.2) is 6.23 Å². The average Bonchev–Trinajstić information content (AvgIpc) is 2.97. The van der Waals surface area contributed by atoms with E-state index in [2.05, 4.69) is 10.1 Å². The summed E-state index contributed by atoms with van der Waals surface area (Å²) >= 11 is 0. The zero-order valence-electron chi connectivity index (χ0n) is 10.3. The van der Waals surface area contributed by atoms with Gasteiger partial charge in [-0.2, -0.15) is 0 Å². The predicted octanol–water partition coefficient (Wildman–Crippen LogP) is -1.75. The van der Waals surface area contributed by atoms with Crippen molar-refractivity contribution in [3.05, 3.63) is 12.2 Å². The molecule has 1 saturated heterocycles. The van der Waals surface area contributed by atoms with Crippen LogP contribution in [0, 0.1) is 5.41 Å². The Labute approximate surface area is 108 Å². The molecule has 1 fully saturated rings. The van der Waals surface area contributed by atoms with Crippen molar-refractivity contribution in [2.75, 3.05) is 13.2 Å². The van der Waals surface area contributed by atoms with Gasteiger partial charge in [0.05, 0.1) is 13.2 Å². The summed E-state index contributed by atoms with van der Waals surface area (Å²) in [6, 6.07) is 0. The van der Waals surface area contributed by atoms with Gasteiger partial charge in [-0.1, -0.05) is 0 Å². The molecule has 1 aliphatic rings. The number of nitrogens with one attached hydrogen (secondary N) is 1. The molecule has 4 N–H and O–H groups in total. The molecule has 2 heterocycles. The molecule has 4 atom stereocenters. The van der Waals surface area contributed by atoms with Crippen LogP contribution in [-0.4, -0.2) is 67.5 Å². The molecule has 1 aliphatic heterocycles. The van der Waals surface area contributed by atoms with Crippen LogP contribution in [0.5, 0.6) is 0 Å². The third-order valence-corrected chi connectivity index (χ3v) is 2.78. The molecule has 0 aromatic carbocycles. The zero-order chi connectivity index (χ0) is 14.0. The molecule has 0 radical (unpaired) electrons. The van der Waals surface area contributed by atoms with E-state index in [1.807, 2.05) is 0 Å². The van der Waals surface area contributed by atoms with Gasteiger partial charge in [0.2, 0.25) is 5.82 Å². The Balaban J connectivity index is 2.13. The summed E-state index contributed by atoms with van der Waals surface area (Å²) in [7, 11) is 0. The first-order valence-corrected chi connectivity index (χ1v) is 5.83. The third kappa shape index (κ3) is 2.59. The second-order valence-electron chi connectivity index (χ2n) is 4.04. The summed E-state index contributed by atoms with van der Waals surface area (Å²) in [6.07, 6.45) is -2.99. The Morgan fingerprint density at radius 2 is 2.26 bits per heavy atom. The quantitative estimate of drug-likeness (QED) is 0.377. The number of ether oxygens (including phenoxy) is 2. The summed E-state index contributed by atoms with van der Waals surface area (Å²) in [5, 5.41) is 39.9. The van der Waals surface area contributed by atoms with E-state index in [4.69, 9.17) is 20.0 Å². The highest BCUT2D eigenvalue weighted by Crippen LogP contribution is 2.28. The van der Waals surface area contributed by atoms with Crippen molar-refractivity contribution in [2.24, 2.45) is 0 Å². The van der Waals surface area contributed by atoms with Crippen molar-refractivity contribution in [1.82, 2.24) is 14.8 Å². The number of aromatic nitrogens is 3. The minimum absolute atomic E-state index is 0.0552. The molecular weight excluding hydrogens is 256 g/mol. The summed E-state index contributed by atoms with van der Waals surface area (Å²) in [6.45, 7) is 1.64. The number of hydrogen-bond donors (Lipinski definition) is 4. The largest absolute Gasteiger partial charge is 0.476 e. The molecule has 9 heteroatoms. The maximum atomic E-state index is 9.80. The van der Waals surface area contributed by atoms with Crippen LogP contribution in [0.1, 0.15) is 19.0 Å². The van der Waals surface area contributed by atoms with Gasteiger partial charge >= 0.3 is 0 Å². The van der Waals surface area contributed by atoms with Gasteiger partial charge < -0.3 is 24.8 Å². The third-order valence-electron chi connectivity index (χ3n) is 2.78. The molecule has 9 nitrogen and oxygen atoms in total. The Morgan fingerprint density at radius 1 is 1.53 bits per heavy atom. The van der Waals surface area contributed by atoms with Gasteiger partial charge in [-0.3, -0.25) is 5.41 Å². The molecule has 0 amide bonds. The van der Waals surface area contributed by atoms with Gasteiger partial charge in [-0.15, -0.1) is 5.10 Å². The van der Waals surface area contributed by atoms with E-state index in [1.54, 1.807) is 6.92 Å². The molecule has 0 unspecified atom stereocenters. The summed E-state index contributed by atoms with van der Waals surface area (Å²) in [4.78, 5) is 3.86. The second-order valence-corrected chi connectivity index (χ2v) is 4.04. The van der Waals surface area contributed by atoms with E-state index < -0.39 is 31.1 Å². The van der Waals surface area contributed by atoms with E-state index in [9.17, 15) is 10.2 Å². The fraction of sp³-hybridized carbons (Fsp3) is 0.700. The van der Waals surface area contributed by atoms with Crippen LogP contribution >= 0.6 is 0 Å². The number of nitrogens with zero attached hydrogens (tertiary/aromatic N) is 3. The number of hydrogen-bond acceptors (Lipinski definition) is 8. The molecule has 2 rings (SSSR count). The highest BCUT2D eigenvalue weighted by Gasteiger charge is 2.44. The van der Waals surface area contributed by atoms with E-state index in [1.165, 1.54) is 11.0 Å². The minimum Gasteiger partial charge on any atom is -0.476 e. The Morgan fingerprint density at radius 3 is 2.84 bits per heavy atom. The molecule has 19 heavy (non-hydrogen) atoms. The van der Waals surface area contributed by atoms with Crippen LogP contribution < -0.4 is 0 Å². The van der Waals surface area contributed by atoms with Crippen LogP contribution in [0.4, 0.5) is 0 Å². The van der Waals surface area contributed by atoms with Crippen molar-refractivity contribution in [3.63, 3.8) is 0 Å². The van der Waals surface area contributed by atoms with Crippen LogP contribution in [0.3, 0.4) is 0 Å².